The molecule has 0 bridgehead atoms. The maximum Gasteiger partial charge on any atom is 0.241 e. The Morgan fingerprint density at radius 1 is 1.26 bits per heavy atom. The van der Waals surface area contributed by atoms with Gasteiger partial charge in [-0.25, -0.2) is 18.5 Å². The zero-order chi connectivity index (χ0) is 22.3. The van der Waals surface area contributed by atoms with E-state index in [0.29, 0.717) is 25.5 Å². The maximum atomic E-state index is 12.0. The number of likely N-dealkylation sites (tertiary alicyclic amines) is 1. The molecule has 2 rings (SSSR count). The highest BCUT2D eigenvalue weighted by Gasteiger charge is 2.24. The first kappa shape index (κ1) is 27.1. The van der Waals surface area contributed by atoms with Crippen molar-refractivity contribution in [1.29, 1.82) is 0 Å². The van der Waals surface area contributed by atoms with E-state index in [1.165, 1.54) is 17.0 Å². The van der Waals surface area contributed by atoms with Crippen molar-refractivity contribution in [3.63, 3.8) is 0 Å². The Morgan fingerprint density at radius 2 is 1.90 bits per heavy atom. The molecule has 0 saturated carbocycles. The monoisotopic (exact) mass is 566 g/mol. The minimum Gasteiger partial charge on any atom is -0.370 e. The third-order valence-corrected chi connectivity index (χ3v) is 5.80. The van der Waals surface area contributed by atoms with Crippen LogP contribution < -0.4 is 16.2 Å². The van der Waals surface area contributed by atoms with Gasteiger partial charge in [0.25, 0.3) is 0 Å². The van der Waals surface area contributed by atoms with E-state index in [4.69, 9.17) is 10.9 Å². The number of likely N-dealkylation sites (N-methyl/N-ethyl adjacent to an activating group) is 1. The van der Waals surface area contributed by atoms with Crippen LogP contribution in [0.25, 0.3) is 0 Å². The molecule has 0 spiro atoms. The third-order valence-electron chi connectivity index (χ3n) is 4.87. The van der Waals surface area contributed by atoms with Crippen LogP contribution in [0, 0.1) is 5.92 Å². The number of rotatable bonds is 7. The molecule has 0 aliphatic carbocycles. The van der Waals surface area contributed by atoms with Crippen LogP contribution in [0.5, 0.6) is 0 Å². The minimum absolute atomic E-state index is 0. The number of primary amides is 1. The molecule has 1 aromatic rings. The van der Waals surface area contributed by atoms with Crippen LogP contribution in [0.4, 0.5) is 0 Å². The molecule has 1 unspecified atom stereocenters. The average molecular weight is 566 g/mol. The van der Waals surface area contributed by atoms with Gasteiger partial charge in [-0.15, -0.1) is 24.0 Å². The number of carbonyl (C=O) groups excluding carboxylic acids is 2. The van der Waals surface area contributed by atoms with Crippen LogP contribution in [-0.2, 0) is 26.2 Å². The van der Waals surface area contributed by atoms with Crippen molar-refractivity contribution in [2.45, 2.75) is 30.7 Å². The highest BCUT2D eigenvalue weighted by atomic mass is 127. The smallest absolute Gasteiger partial charge is 0.241 e. The summed E-state index contributed by atoms with van der Waals surface area (Å²) < 4.78 is 22.8. The van der Waals surface area contributed by atoms with Crippen molar-refractivity contribution >= 4 is 51.8 Å². The summed E-state index contributed by atoms with van der Waals surface area (Å²) >= 11 is 0. The van der Waals surface area contributed by atoms with E-state index in [1.807, 2.05) is 4.90 Å². The van der Waals surface area contributed by atoms with Crippen LogP contribution in [0.3, 0.4) is 0 Å². The fourth-order valence-electron chi connectivity index (χ4n) is 3.24. The molecule has 1 saturated heterocycles. The summed E-state index contributed by atoms with van der Waals surface area (Å²) in [5.41, 5.74) is 6.15. The van der Waals surface area contributed by atoms with Gasteiger partial charge in [0.15, 0.2) is 5.96 Å². The van der Waals surface area contributed by atoms with Crippen molar-refractivity contribution in [3.05, 3.63) is 29.8 Å². The number of nitrogens with one attached hydrogen (secondary N) is 1. The molecule has 1 atom stereocenters. The van der Waals surface area contributed by atoms with Crippen LogP contribution in [-0.4, -0.2) is 69.7 Å². The van der Waals surface area contributed by atoms with Crippen molar-refractivity contribution in [1.82, 2.24) is 15.1 Å². The molecule has 1 fully saturated rings. The van der Waals surface area contributed by atoms with Crippen LogP contribution in [0.15, 0.2) is 34.2 Å². The fraction of sp³-hybridized carbons (Fsp3) is 0.526. The average Bonchev–Trinajstić information content (AvgIpc) is 2.67. The molecule has 174 valence electrons. The lowest BCUT2D eigenvalue weighted by atomic mass is 9.95. The molecule has 1 heterocycles. The Bertz CT molecular complexity index is 889. The third kappa shape index (κ3) is 8.99. The number of halogens is 1. The maximum absolute atomic E-state index is 12.0. The van der Waals surface area contributed by atoms with Gasteiger partial charge in [-0.1, -0.05) is 12.1 Å². The minimum atomic E-state index is -3.75. The highest BCUT2D eigenvalue weighted by Crippen LogP contribution is 2.19. The number of guanidine groups is 1. The van der Waals surface area contributed by atoms with Crippen LogP contribution in [0.1, 0.15) is 24.8 Å². The van der Waals surface area contributed by atoms with Crippen LogP contribution >= 0.6 is 24.0 Å². The number of benzene rings is 1. The predicted octanol–water partition coefficient (Wildman–Crippen LogP) is 0.0732. The molecule has 5 N–H and O–H groups in total. The molecule has 0 radical (unpaired) electrons. The molecule has 2 amide bonds. The summed E-state index contributed by atoms with van der Waals surface area (Å²) in [7, 11) is -0.390. The number of nitrogens with two attached hydrogens (primary N) is 2. The Kier molecular flexibility index (Phi) is 10.7. The summed E-state index contributed by atoms with van der Waals surface area (Å²) in [6.07, 6.45) is 2.12. The standard InChI is InChI=1S/C19H30N6O4S.HI/c1-24(2)18(27)12-23-19(25-9-3-4-15(13-25)10-17(20)26)22-11-14-5-7-16(8-6-14)30(21,28)29;/h5-8,15H,3-4,9-13H2,1-2H3,(H2,20,26)(H,22,23)(H2,21,28,29);1H. The SMILES string of the molecule is CN(C)C(=O)CNC(=NCc1ccc(S(N)(=O)=O)cc1)N1CCCC(CC(N)=O)C1.I. The number of sulfonamides is 1. The lowest BCUT2D eigenvalue weighted by Gasteiger charge is -2.34. The summed E-state index contributed by atoms with van der Waals surface area (Å²) in [6, 6.07) is 6.18. The van der Waals surface area contributed by atoms with Gasteiger partial charge >= 0.3 is 0 Å². The summed E-state index contributed by atoms with van der Waals surface area (Å²) in [5, 5.41) is 8.23. The lowest BCUT2D eigenvalue weighted by Crippen LogP contribution is -2.49. The Morgan fingerprint density at radius 3 is 2.45 bits per heavy atom. The molecule has 0 aromatic heterocycles. The Labute approximate surface area is 200 Å². The number of hydrogen-bond donors (Lipinski definition) is 3. The number of carbonyl (C=O) groups is 2. The Hall–Kier alpha value is -1.93. The van der Waals surface area contributed by atoms with Crippen molar-refractivity contribution < 1.29 is 18.0 Å². The first-order valence-corrected chi connectivity index (χ1v) is 11.2. The van der Waals surface area contributed by atoms with E-state index in [2.05, 4.69) is 10.3 Å². The molecule has 10 nitrogen and oxygen atoms in total. The molecule has 12 heteroatoms. The number of amides is 2. The number of piperidine rings is 1. The second-order valence-electron chi connectivity index (χ2n) is 7.60. The van der Waals surface area contributed by atoms with Crippen molar-refractivity contribution in [3.8, 4) is 0 Å². The quantitative estimate of drug-likeness (QED) is 0.242. The highest BCUT2D eigenvalue weighted by molar-refractivity contribution is 14.0. The van der Waals surface area contributed by atoms with Gasteiger partial charge in [-0.05, 0) is 36.5 Å². The Balaban J connectivity index is 0.00000480. The number of nitrogens with zero attached hydrogens (tertiary/aromatic N) is 3. The van der Waals surface area contributed by atoms with Gasteiger partial charge in [0.2, 0.25) is 21.8 Å². The second kappa shape index (κ2) is 12.2. The fourth-order valence-corrected chi connectivity index (χ4v) is 3.76. The van der Waals surface area contributed by atoms with E-state index >= 15 is 0 Å². The zero-order valence-electron chi connectivity index (χ0n) is 17.8. The van der Waals surface area contributed by atoms with Gasteiger partial charge in [0.1, 0.15) is 0 Å². The summed E-state index contributed by atoms with van der Waals surface area (Å²) in [5.74, 6) is 0.286. The van der Waals surface area contributed by atoms with Gasteiger partial charge in [-0.3, -0.25) is 9.59 Å². The van der Waals surface area contributed by atoms with Crippen molar-refractivity contribution in [2.24, 2.45) is 21.8 Å². The first-order chi connectivity index (χ1) is 14.1. The molecular weight excluding hydrogens is 535 g/mol. The van der Waals surface area contributed by atoms with E-state index < -0.39 is 10.0 Å². The first-order valence-electron chi connectivity index (χ1n) is 9.69. The molecular formula is C19H31IN6O4S. The number of primary sulfonamides is 1. The number of aliphatic imine (C=N–C) groups is 1. The molecule has 1 aliphatic heterocycles. The molecule has 1 aromatic carbocycles. The second-order valence-corrected chi connectivity index (χ2v) is 9.16. The normalized spacial score (nSPS) is 16.9. The lowest BCUT2D eigenvalue weighted by molar-refractivity contribution is -0.127. The van der Waals surface area contributed by atoms with Crippen LogP contribution in [0.2, 0.25) is 0 Å². The summed E-state index contributed by atoms with van der Waals surface area (Å²) in [6.45, 7) is 1.75. The molecule has 1 aliphatic rings. The van der Waals surface area contributed by atoms with E-state index in [1.54, 1.807) is 26.2 Å². The van der Waals surface area contributed by atoms with Gasteiger partial charge in [0, 0.05) is 33.6 Å². The van der Waals surface area contributed by atoms with Gasteiger partial charge < -0.3 is 20.9 Å². The topological polar surface area (TPSA) is 151 Å². The van der Waals surface area contributed by atoms with Gasteiger partial charge in [-0.2, -0.15) is 0 Å². The van der Waals surface area contributed by atoms with E-state index in [9.17, 15) is 18.0 Å². The predicted molar refractivity (Wildman–Crippen MR) is 129 cm³/mol. The largest absolute Gasteiger partial charge is 0.370 e. The zero-order valence-corrected chi connectivity index (χ0v) is 20.9. The molecule has 31 heavy (non-hydrogen) atoms. The van der Waals surface area contributed by atoms with Gasteiger partial charge in [0.05, 0.1) is 18.0 Å². The number of hydrogen-bond acceptors (Lipinski definition) is 5. The summed E-state index contributed by atoms with van der Waals surface area (Å²) in [4.78, 5) is 31.5. The van der Waals surface area contributed by atoms with E-state index in [0.717, 1.165) is 24.9 Å². The van der Waals surface area contributed by atoms with E-state index in [-0.39, 0.29) is 53.1 Å². The van der Waals surface area contributed by atoms with Crippen molar-refractivity contribution in [2.75, 3.05) is 33.7 Å².